The van der Waals surface area contributed by atoms with Gasteiger partial charge < -0.3 is 4.90 Å². The molecule has 9 heteroatoms. The molecule has 0 N–H and O–H groups in total. The molecular weight excluding hydrogens is 414 g/mol. The summed E-state index contributed by atoms with van der Waals surface area (Å²) in [6.07, 6.45) is 4.35. The van der Waals surface area contributed by atoms with Gasteiger partial charge in [0.2, 0.25) is 0 Å². The molecule has 1 amide bonds. The van der Waals surface area contributed by atoms with E-state index >= 15 is 0 Å². The maximum absolute atomic E-state index is 13.7. The Morgan fingerprint density at radius 2 is 1.88 bits per heavy atom. The number of hydrogen-bond acceptors (Lipinski definition) is 5. The summed E-state index contributed by atoms with van der Waals surface area (Å²) in [7, 11) is 0. The van der Waals surface area contributed by atoms with Crippen molar-refractivity contribution in [2.75, 3.05) is 0 Å². The van der Waals surface area contributed by atoms with Crippen molar-refractivity contribution in [2.45, 2.75) is 75.8 Å². The first kappa shape index (κ1) is 19.7. The molecule has 3 aliphatic rings. The Morgan fingerprint density at radius 1 is 1.06 bits per heavy atom. The number of hydrogen-bond donors (Lipinski definition) is 0. The van der Waals surface area contributed by atoms with Crippen molar-refractivity contribution in [3.05, 3.63) is 52.9 Å². The van der Waals surface area contributed by atoms with Crippen molar-refractivity contribution < 1.29 is 13.6 Å². The average molecular weight is 438 g/mol. The summed E-state index contributed by atoms with van der Waals surface area (Å²) in [5.41, 5.74) is 2.92. The van der Waals surface area contributed by atoms with Gasteiger partial charge in [0.25, 0.3) is 18.1 Å². The third-order valence-electron chi connectivity index (χ3n) is 7.17. The van der Waals surface area contributed by atoms with Gasteiger partial charge in [-0.1, -0.05) is 0 Å². The molecule has 3 atom stereocenters. The Morgan fingerprint density at radius 3 is 2.66 bits per heavy atom. The van der Waals surface area contributed by atoms with E-state index in [1.807, 2.05) is 24.0 Å². The quantitative estimate of drug-likeness (QED) is 0.610. The van der Waals surface area contributed by atoms with Crippen LogP contribution in [0.5, 0.6) is 0 Å². The predicted molar refractivity (Wildman–Crippen MR) is 112 cm³/mol. The number of pyridine rings is 1. The van der Waals surface area contributed by atoms with Crippen LogP contribution in [-0.4, -0.2) is 47.5 Å². The summed E-state index contributed by atoms with van der Waals surface area (Å²) in [4.78, 5) is 28.3. The second kappa shape index (κ2) is 7.28. The lowest BCUT2D eigenvalue weighted by Gasteiger charge is -2.40. The van der Waals surface area contributed by atoms with Crippen molar-refractivity contribution in [3.63, 3.8) is 0 Å². The molecule has 3 aromatic heterocycles. The van der Waals surface area contributed by atoms with Crippen LogP contribution in [0.3, 0.4) is 0 Å². The highest BCUT2D eigenvalue weighted by atomic mass is 19.3. The molecule has 2 saturated heterocycles. The van der Waals surface area contributed by atoms with Gasteiger partial charge in [-0.15, -0.1) is 0 Å². The SMILES string of the molecule is Cc1cc(C(=O)N2C3CCC2[C@@H](c2cc(C(F)F)nc4ncnn24)CC3)cc(C2CC2)n1. The standard InChI is InChI=1S/C23H24F2N6O/c1-12-8-14(9-17(28-12)13-2-3-13)22(32)30-15-4-6-16(19(30)7-5-15)20-10-18(21(24)25)29-23-26-11-27-31(20)23/h8-11,13,15-16,19,21H,2-7H2,1H3/t15?,16-,19?/m0/s1. The van der Waals surface area contributed by atoms with Gasteiger partial charge in [0.15, 0.2) is 0 Å². The predicted octanol–water partition coefficient (Wildman–Crippen LogP) is 4.19. The number of piperidine rings is 1. The normalized spacial score (nSPS) is 25.1. The lowest BCUT2D eigenvalue weighted by atomic mass is 9.86. The molecular formula is C23H24F2N6O. The number of carbonyl (C=O) groups excluding carboxylic acids is 1. The van der Waals surface area contributed by atoms with Crippen LogP contribution < -0.4 is 0 Å². The third kappa shape index (κ3) is 3.17. The maximum Gasteiger partial charge on any atom is 0.280 e. The van der Waals surface area contributed by atoms with E-state index in [4.69, 9.17) is 0 Å². The minimum atomic E-state index is -2.69. The summed E-state index contributed by atoms with van der Waals surface area (Å²) < 4.78 is 28.6. The first-order chi connectivity index (χ1) is 15.5. The van der Waals surface area contributed by atoms with Crippen LogP contribution in [0.4, 0.5) is 8.78 Å². The summed E-state index contributed by atoms with van der Waals surface area (Å²) in [5.74, 6) is 0.577. The molecule has 0 radical (unpaired) electrons. The van der Waals surface area contributed by atoms with Crippen LogP contribution in [0.25, 0.3) is 5.78 Å². The number of aryl methyl sites for hydroxylation is 1. The van der Waals surface area contributed by atoms with Crippen LogP contribution in [0.1, 0.15) is 89.9 Å². The number of nitrogens with zero attached hydrogens (tertiary/aromatic N) is 6. The monoisotopic (exact) mass is 438 g/mol. The Labute approximate surface area is 183 Å². The van der Waals surface area contributed by atoms with Gasteiger partial charge in [0.05, 0.1) is 5.69 Å². The van der Waals surface area contributed by atoms with Crippen molar-refractivity contribution in [1.29, 1.82) is 0 Å². The Balaban J connectivity index is 1.38. The number of rotatable bonds is 4. The molecule has 0 spiro atoms. The molecule has 2 unspecified atom stereocenters. The topological polar surface area (TPSA) is 76.3 Å². The van der Waals surface area contributed by atoms with Gasteiger partial charge in [-0.2, -0.15) is 10.1 Å². The molecule has 3 aromatic rings. The second-order valence-corrected chi connectivity index (χ2v) is 9.27. The fraction of sp³-hybridized carbons (Fsp3) is 0.522. The van der Waals surface area contributed by atoms with Gasteiger partial charge in [-0.3, -0.25) is 9.78 Å². The second-order valence-electron chi connectivity index (χ2n) is 9.27. The largest absolute Gasteiger partial charge is 0.332 e. The molecule has 7 nitrogen and oxygen atoms in total. The third-order valence-corrected chi connectivity index (χ3v) is 7.17. The van der Waals surface area contributed by atoms with E-state index in [2.05, 4.69) is 20.1 Å². The molecule has 2 bridgehead atoms. The zero-order valence-corrected chi connectivity index (χ0v) is 17.8. The minimum absolute atomic E-state index is 0.0209. The molecule has 3 fully saturated rings. The highest BCUT2D eigenvalue weighted by Crippen LogP contribution is 2.45. The van der Waals surface area contributed by atoms with E-state index in [9.17, 15) is 13.6 Å². The molecule has 0 aromatic carbocycles. The maximum atomic E-state index is 13.7. The highest BCUT2D eigenvalue weighted by Gasteiger charge is 2.46. The van der Waals surface area contributed by atoms with Crippen molar-refractivity contribution in [3.8, 4) is 0 Å². The van der Waals surface area contributed by atoms with Gasteiger partial charge >= 0.3 is 0 Å². The van der Waals surface area contributed by atoms with E-state index in [0.29, 0.717) is 17.2 Å². The Hall–Kier alpha value is -2.97. The number of amides is 1. The van der Waals surface area contributed by atoms with E-state index in [1.54, 1.807) is 4.52 Å². The summed E-state index contributed by atoms with van der Waals surface area (Å²) in [6, 6.07) is 5.39. The van der Waals surface area contributed by atoms with Crippen LogP contribution >= 0.6 is 0 Å². The number of aromatic nitrogens is 5. The van der Waals surface area contributed by atoms with Gasteiger partial charge in [0.1, 0.15) is 12.0 Å². The first-order valence-electron chi connectivity index (χ1n) is 11.3. The van der Waals surface area contributed by atoms with Crippen LogP contribution in [0, 0.1) is 6.92 Å². The molecule has 6 rings (SSSR count). The molecule has 1 saturated carbocycles. The average Bonchev–Trinajstić information content (AvgIpc) is 3.45. The van der Waals surface area contributed by atoms with E-state index in [-0.39, 0.29) is 35.4 Å². The van der Waals surface area contributed by atoms with E-state index in [0.717, 1.165) is 49.9 Å². The fourth-order valence-corrected chi connectivity index (χ4v) is 5.60. The van der Waals surface area contributed by atoms with Crippen LogP contribution in [0.2, 0.25) is 0 Å². The number of alkyl halides is 2. The molecule has 5 heterocycles. The summed E-state index contributed by atoms with van der Waals surface area (Å²) in [5, 5.41) is 4.24. The van der Waals surface area contributed by atoms with Gasteiger partial charge in [-0.05, 0) is 63.6 Å². The Kier molecular flexibility index (Phi) is 4.48. The number of carbonyl (C=O) groups is 1. The number of fused-ring (bicyclic) bond motifs is 3. The zero-order valence-electron chi connectivity index (χ0n) is 17.8. The van der Waals surface area contributed by atoms with Crippen molar-refractivity contribution >= 4 is 11.7 Å². The lowest BCUT2D eigenvalue weighted by molar-refractivity contribution is 0.0553. The van der Waals surface area contributed by atoms with Gasteiger partial charge in [0, 0.05) is 40.9 Å². The van der Waals surface area contributed by atoms with E-state index in [1.165, 1.54) is 12.4 Å². The summed E-state index contributed by atoms with van der Waals surface area (Å²) in [6.45, 7) is 1.93. The molecule has 1 aliphatic carbocycles. The van der Waals surface area contributed by atoms with Crippen molar-refractivity contribution in [2.24, 2.45) is 0 Å². The van der Waals surface area contributed by atoms with Crippen LogP contribution in [-0.2, 0) is 0 Å². The lowest BCUT2D eigenvalue weighted by Crippen LogP contribution is -2.47. The molecule has 166 valence electrons. The van der Waals surface area contributed by atoms with Gasteiger partial charge in [-0.25, -0.2) is 18.3 Å². The van der Waals surface area contributed by atoms with Crippen LogP contribution in [0.15, 0.2) is 24.5 Å². The zero-order chi connectivity index (χ0) is 22.0. The number of halogens is 2. The fourth-order valence-electron chi connectivity index (χ4n) is 5.60. The van der Waals surface area contributed by atoms with E-state index < -0.39 is 6.43 Å². The van der Waals surface area contributed by atoms with Crippen molar-refractivity contribution in [1.82, 2.24) is 29.5 Å². The molecule has 2 aliphatic heterocycles. The first-order valence-corrected chi connectivity index (χ1v) is 11.3. The molecule has 32 heavy (non-hydrogen) atoms. The summed E-state index contributed by atoms with van der Waals surface area (Å²) >= 11 is 0. The Bertz CT molecular complexity index is 1210. The smallest absolute Gasteiger partial charge is 0.280 e. The highest BCUT2D eigenvalue weighted by molar-refractivity contribution is 5.95. The minimum Gasteiger partial charge on any atom is -0.332 e.